The van der Waals surface area contributed by atoms with Crippen LogP contribution in [0.1, 0.15) is 22.7 Å². The molecule has 0 unspecified atom stereocenters. The molecule has 2 rings (SSSR count). The number of piperazine rings is 1. The molecule has 1 aliphatic heterocycles. The molecule has 0 aromatic heterocycles. The minimum atomic E-state index is -0.301. The SMILES string of the molecule is Cc1ccc(C)c([C@H](CF)N2CCNCC2)c1.Cl. The van der Waals surface area contributed by atoms with E-state index in [4.69, 9.17) is 0 Å². The zero-order chi connectivity index (χ0) is 12.3. The molecular weight excluding hydrogens is 251 g/mol. The summed E-state index contributed by atoms with van der Waals surface area (Å²) in [5.74, 6) is 0. The Balaban J connectivity index is 0.00000162. The Bertz CT molecular complexity index is 378. The Morgan fingerprint density at radius 2 is 1.94 bits per heavy atom. The number of hydrogen-bond donors (Lipinski definition) is 1. The molecule has 102 valence electrons. The van der Waals surface area contributed by atoms with Crippen LogP contribution in [0.4, 0.5) is 4.39 Å². The maximum absolute atomic E-state index is 13.4. The van der Waals surface area contributed by atoms with Gasteiger partial charge in [0.1, 0.15) is 6.67 Å². The average molecular weight is 273 g/mol. The highest BCUT2D eigenvalue weighted by Gasteiger charge is 2.23. The maximum Gasteiger partial charge on any atom is 0.109 e. The minimum absolute atomic E-state index is 0. The lowest BCUT2D eigenvalue weighted by Gasteiger charge is -2.34. The predicted molar refractivity (Wildman–Crippen MR) is 76.3 cm³/mol. The Labute approximate surface area is 115 Å². The smallest absolute Gasteiger partial charge is 0.109 e. The monoisotopic (exact) mass is 272 g/mol. The summed E-state index contributed by atoms with van der Waals surface area (Å²) in [7, 11) is 0. The molecule has 0 bridgehead atoms. The predicted octanol–water partition coefficient (Wildman–Crippen LogP) is 2.64. The first-order valence-corrected chi connectivity index (χ1v) is 6.30. The summed E-state index contributed by atoms with van der Waals surface area (Å²) in [4.78, 5) is 2.25. The standard InChI is InChI=1S/C14H21FN2.ClH/c1-11-3-4-12(2)13(9-11)14(10-15)17-7-5-16-6-8-17;/h3-4,9,14,16H,5-8,10H2,1-2H3;1H/t14-;/m0./s1. The third kappa shape index (κ3) is 3.44. The fourth-order valence-electron chi connectivity index (χ4n) is 2.49. The minimum Gasteiger partial charge on any atom is -0.314 e. The van der Waals surface area contributed by atoms with Crippen LogP contribution in [0.3, 0.4) is 0 Å². The zero-order valence-electron chi connectivity index (χ0n) is 11.1. The van der Waals surface area contributed by atoms with E-state index in [1.807, 2.05) is 0 Å². The van der Waals surface area contributed by atoms with Crippen LogP contribution < -0.4 is 5.32 Å². The van der Waals surface area contributed by atoms with Crippen molar-refractivity contribution in [3.63, 3.8) is 0 Å². The summed E-state index contributed by atoms with van der Waals surface area (Å²) >= 11 is 0. The molecule has 1 saturated heterocycles. The lowest BCUT2D eigenvalue weighted by molar-refractivity contribution is 0.147. The van der Waals surface area contributed by atoms with Gasteiger partial charge in [0.25, 0.3) is 0 Å². The molecule has 18 heavy (non-hydrogen) atoms. The molecule has 0 amide bonds. The second kappa shape index (κ2) is 7.07. The fourth-order valence-corrected chi connectivity index (χ4v) is 2.49. The van der Waals surface area contributed by atoms with Crippen molar-refractivity contribution in [1.29, 1.82) is 0 Å². The molecule has 1 heterocycles. The van der Waals surface area contributed by atoms with Crippen molar-refractivity contribution in [2.45, 2.75) is 19.9 Å². The van der Waals surface area contributed by atoms with Crippen LogP contribution in [0, 0.1) is 13.8 Å². The van der Waals surface area contributed by atoms with Gasteiger partial charge in [-0.3, -0.25) is 4.90 Å². The molecule has 4 heteroatoms. The molecule has 2 nitrogen and oxygen atoms in total. The van der Waals surface area contributed by atoms with E-state index < -0.39 is 0 Å². The summed E-state index contributed by atoms with van der Waals surface area (Å²) in [6.07, 6.45) is 0. The van der Waals surface area contributed by atoms with Gasteiger partial charge in [0, 0.05) is 26.2 Å². The van der Waals surface area contributed by atoms with E-state index in [-0.39, 0.29) is 25.1 Å². The highest BCUT2D eigenvalue weighted by atomic mass is 35.5. The average Bonchev–Trinajstić information content (AvgIpc) is 2.36. The number of benzene rings is 1. The summed E-state index contributed by atoms with van der Waals surface area (Å²) in [5, 5.41) is 3.31. The van der Waals surface area contributed by atoms with Gasteiger partial charge in [-0.25, -0.2) is 4.39 Å². The van der Waals surface area contributed by atoms with Crippen LogP contribution in [0.2, 0.25) is 0 Å². The fraction of sp³-hybridized carbons (Fsp3) is 0.571. The molecule has 0 radical (unpaired) electrons. The molecule has 1 atom stereocenters. The molecule has 1 aromatic carbocycles. The summed E-state index contributed by atoms with van der Waals surface area (Å²) in [6, 6.07) is 6.24. The van der Waals surface area contributed by atoms with Crippen LogP contribution in [0.15, 0.2) is 18.2 Å². The molecule has 1 aliphatic rings. The molecule has 0 aliphatic carbocycles. The Kier molecular flexibility index (Phi) is 6.06. The largest absolute Gasteiger partial charge is 0.314 e. The Morgan fingerprint density at radius 1 is 1.28 bits per heavy atom. The van der Waals surface area contributed by atoms with Gasteiger partial charge in [0.2, 0.25) is 0 Å². The van der Waals surface area contributed by atoms with Crippen molar-refractivity contribution in [1.82, 2.24) is 10.2 Å². The van der Waals surface area contributed by atoms with Crippen molar-refractivity contribution < 1.29 is 4.39 Å². The van der Waals surface area contributed by atoms with Crippen LogP contribution in [0.25, 0.3) is 0 Å². The van der Waals surface area contributed by atoms with Crippen molar-refractivity contribution >= 4 is 12.4 Å². The Morgan fingerprint density at radius 3 is 2.56 bits per heavy atom. The highest BCUT2D eigenvalue weighted by Crippen LogP contribution is 2.25. The van der Waals surface area contributed by atoms with Gasteiger partial charge in [-0.2, -0.15) is 0 Å². The second-order valence-electron chi connectivity index (χ2n) is 4.82. The molecule has 1 aromatic rings. The zero-order valence-corrected chi connectivity index (χ0v) is 11.9. The number of alkyl halides is 1. The van der Waals surface area contributed by atoms with E-state index in [9.17, 15) is 4.39 Å². The summed E-state index contributed by atoms with van der Waals surface area (Å²) < 4.78 is 13.4. The van der Waals surface area contributed by atoms with Gasteiger partial charge >= 0.3 is 0 Å². The normalized spacial score (nSPS) is 18.2. The molecule has 0 saturated carbocycles. The lowest BCUT2D eigenvalue weighted by Crippen LogP contribution is -2.45. The third-order valence-electron chi connectivity index (χ3n) is 3.53. The Hall–Kier alpha value is -0.640. The van der Waals surface area contributed by atoms with Crippen LogP contribution in [-0.4, -0.2) is 37.8 Å². The number of aryl methyl sites for hydroxylation is 2. The number of rotatable bonds is 3. The van der Waals surface area contributed by atoms with Crippen molar-refractivity contribution in [3.8, 4) is 0 Å². The van der Waals surface area contributed by atoms with Crippen LogP contribution >= 0.6 is 12.4 Å². The van der Waals surface area contributed by atoms with Gasteiger partial charge in [-0.1, -0.05) is 23.8 Å². The quantitative estimate of drug-likeness (QED) is 0.910. The van der Waals surface area contributed by atoms with Gasteiger partial charge in [-0.15, -0.1) is 12.4 Å². The molecular formula is C14H22ClFN2. The first-order valence-electron chi connectivity index (χ1n) is 6.30. The molecule has 1 N–H and O–H groups in total. The van der Waals surface area contributed by atoms with Crippen molar-refractivity contribution in [3.05, 3.63) is 34.9 Å². The van der Waals surface area contributed by atoms with E-state index in [0.29, 0.717) is 0 Å². The number of halogens is 2. The van der Waals surface area contributed by atoms with Gasteiger partial charge in [0.15, 0.2) is 0 Å². The lowest BCUT2D eigenvalue weighted by atomic mass is 9.98. The first-order chi connectivity index (χ1) is 8.22. The van der Waals surface area contributed by atoms with Gasteiger partial charge in [-0.05, 0) is 25.0 Å². The topological polar surface area (TPSA) is 15.3 Å². The summed E-state index contributed by atoms with van der Waals surface area (Å²) in [6.45, 7) is 7.62. The van der Waals surface area contributed by atoms with Gasteiger partial charge < -0.3 is 5.32 Å². The van der Waals surface area contributed by atoms with Gasteiger partial charge in [0.05, 0.1) is 6.04 Å². The van der Waals surface area contributed by atoms with Crippen LogP contribution in [0.5, 0.6) is 0 Å². The van der Waals surface area contributed by atoms with Crippen molar-refractivity contribution in [2.24, 2.45) is 0 Å². The maximum atomic E-state index is 13.4. The number of nitrogens with one attached hydrogen (secondary N) is 1. The van der Waals surface area contributed by atoms with E-state index in [2.05, 4.69) is 42.3 Å². The van der Waals surface area contributed by atoms with E-state index in [0.717, 1.165) is 31.7 Å². The summed E-state index contributed by atoms with van der Waals surface area (Å²) in [5.41, 5.74) is 3.55. The van der Waals surface area contributed by atoms with E-state index in [1.165, 1.54) is 11.1 Å². The van der Waals surface area contributed by atoms with E-state index >= 15 is 0 Å². The second-order valence-corrected chi connectivity index (χ2v) is 4.82. The van der Waals surface area contributed by atoms with Crippen LogP contribution in [-0.2, 0) is 0 Å². The number of nitrogens with zero attached hydrogens (tertiary/aromatic N) is 1. The molecule has 1 fully saturated rings. The van der Waals surface area contributed by atoms with E-state index in [1.54, 1.807) is 0 Å². The third-order valence-corrected chi connectivity index (χ3v) is 3.53. The first kappa shape index (κ1) is 15.4. The van der Waals surface area contributed by atoms with Crippen molar-refractivity contribution in [2.75, 3.05) is 32.9 Å². The number of hydrogen-bond acceptors (Lipinski definition) is 2. The molecule has 0 spiro atoms. The highest BCUT2D eigenvalue weighted by molar-refractivity contribution is 5.85.